The standard InChI is InChI=1S/C17H22N4O/c1-22-16-7-2-5-14(11-16)12-20-15-6-3-10-21(13-15)17-18-8-4-9-19-17/h2,4-5,7-9,11,15,20H,3,6,10,12-13H2,1H3/t15-/m0/s1. The van der Waals surface area contributed by atoms with Crippen molar-refractivity contribution in [2.45, 2.75) is 25.4 Å². The van der Waals surface area contributed by atoms with Gasteiger partial charge in [0.05, 0.1) is 7.11 Å². The van der Waals surface area contributed by atoms with Crippen LogP contribution >= 0.6 is 0 Å². The Morgan fingerprint density at radius 1 is 1.27 bits per heavy atom. The largest absolute Gasteiger partial charge is 0.497 e. The maximum Gasteiger partial charge on any atom is 0.225 e. The van der Waals surface area contributed by atoms with Crippen molar-refractivity contribution in [3.63, 3.8) is 0 Å². The summed E-state index contributed by atoms with van der Waals surface area (Å²) in [5, 5.41) is 3.64. The molecule has 1 saturated heterocycles. The van der Waals surface area contributed by atoms with E-state index in [1.165, 1.54) is 12.0 Å². The smallest absolute Gasteiger partial charge is 0.225 e. The third kappa shape index (κ3) is 3.74. The van der Waals surface area contributed by atoms with Crippen molar-refractivity contribution in [3.8, 4) is 5.75 Å². The first-order valence-electron chi connectivity index (χ1n) is 7.73. The van der Waals surface area contributed by atoms with E-state index in [1.807, 2.05) is 18.2 Å². The number of benzene rings is 1. The van der Waals surface area contributed by atoms with Gasteiger partial charge in [0.2, 0.25) is 5.95 Å². The third-order valence-electron chi connectivity index (χ3n) is 3.99. The fraction of sp³-hybridized carbons (Fsp3) is 0.412. The van der Waals surface area contributed by atoms with Crippen molar-refractivity contribution >= 4 is 5.95 Å². The highest BCUT2D eigenvalue weighted by Crippen LogP contribution is 2.17. The average Bonchev–Trinajstić information content (AvgIpc) is 2.61. The van der Waals surface area contributed by atoms with E-state index in [2.05, 4.69) is 32.3 Å². The highest BCUT2D eigenvalue weighted by molar-refractivity contribution is 5.30. The average molecular weight is 298 g/mol. The molecule has 5 heteroatoms. The van der Waals surface area contributed by atoms with Gasteiger partial charge in [-0.05, 0) is 36.6 Å². The predicted octanol–water partition coefficient (Wildman–Crippen LogP) is 2.24. The van der Waals surface area contributed by atoms with Gasteiger partial charge in [-0.25, -0.2) is 9.97 Å². The van der Waals surface area contributed by atoms with Crippen molar-refractivity contribution in [1.82, 2.24) is 15.3 Å². The summed E-state index contributed by atoms with van der Waals surface area (Å²) < 4.78 is 5.27. The molecule has 0 saturated carbocycles. The second-order valence-electron chi connectivity index (χ2n) is 5.57. The van der Waals surface area contributed by atoms with Crippen LogP contribution in [-0.2, 0) is 6.54 Å². The van der Waals surface area contributed by atoms with Crippen LogP contribution in [0.3, 0.4) is 0 Å². The van der Waals surface area contributed by atoms with E-state index in [0.29, 0.717) is 6.04 Å². The zero-order valence-corrected chi connectivity index (χ0v) is 12.9. The molecule has 1 atom stereocenters. The van der Waals surface area contributed by atoms with Gasteiger partial charge in [-0.3, -0.25) is 0 Å². The minimum Gasteiger partial charge on any atom is -0.497 e. The SMILES string of the molecule is COc1cccc(CN[C@H]2CCCN(c3ncccn3)C2)c1. The Morgan fingerprint density at radius 2 is 2.14 bits per heavy atom. The molecule has 1 aromatic heterocycles. The van der Waals surface area contributed by atoms with E-state index in [0.717, 1.165) is 37.8 Å². The second-order valence-corrected chi connectivity index (χ2v) is 5.57. The lowest BCUT2D eigenvalue weighted by Gasteiger charge is -2.33. The lowest BCUT2D eigenvalue weighted by atomic mass is 10.1. The van der Waals surface area contributed by atoms with E-state index in [-0.39, 0.29) is 0 Å². The Kier molecular flexibility index (Phi) is 4.85. The third-order valence-corrected chi connectivity index (χ3v) is 3.99. The van der Waals surface area contributed by atoms with Crippen LogP contribution in [0.25, 0.3) is 0 Å². The number of nitrogens with one attached hydrogen (secondary N) is 1. The molecule has 0 spiro atoms. The lowest BCUT2D eigenvalue weighted by Crippen LogP contribution is -2.46. The van der Waals surface area contributed by atoms with Crippen molar-refractivity contribution in [2.24, 2.45) is 0 Å². The fourth-order valence-electron chi connectivity index (χ4n) is 2.82. The normalized spacial score (nSPS) is 18.2. The zero-order valence-electron chi connectivity index (χ0n) is 12.9. The molecule has 5 nitrogen and oxygen atoms in total. The van der Waals surface area contributed by atoms with E-state index >= 15 is 0 Å². The summed E-state index contributed by atoms with van der Waals surface area (Å²) in [6, 6.07) is 10.5. The van der Waals surface area contributed by atoms with Gasteiger partial charge in [0.25, 0.3) is 0 Å². The molecule has 1 N–H and O–H groups in total. The second kappa shape index (κ2) is 7.22. The number of rotatable bonds is 5. The highest BCUT2D eigenvalue weighted by atomic mass is 16.5. The summed E-state index contributed by atoms with van der Waals surface area (Å²) in [6.07, 6.45) is 5.95. The number of ether oxygens (including phenoxy) is 1. The summed E-state index contributed by atoms with van der Waals surface area (Å²) in [6.45, 7) is 2.83. The summed E-state index contributed by atoms with van der Waals surface area (Å²) in [4.78, 5) is 11.0. The molecule has 116 valence electrons. The summed E-state index contributed by atoms with van der Waals surface area (Å²) in [5.74, 6) is 1.73. The van der Waals surface area contributed by atoms with Crippen molar-refractivity contribution in [3.05, 3.63) is 48.3 Å². The molecule has 1 aromatic carbocycles. The topological polar surface area (TPSA) is 50.3 Å². The molecule has 0 unspecified atom stereocenters. The van der Waals surface area contributed by atoms with Crippen molar-refractivity contribution in [1.29, 1.82) is 0 Å². The Balaban J connectivity index is 1.56. The van der Waals surface area contributed by atoms with Crippen LogP contribution in [0.2, 0.25) is 0 Å². The number of hydrogen-bond acceptors (Lipinski definition) is 5. The maximum atomic E-state index is 5.27. The van der Waals surface area contributed by atoms with Crippen LogP contribution in [0.15, 0.2) is 42.7 Å². The molecular weight excluding hydrogens is 276 g/mol. The Hall–Kier alpha value is -2.14. The van der Waals surface area contributed by atoms with Gasteiger partial charge in [-0.1, -0.05) is 12.1 Å². The summed E-state index contributed by atoms with van der Waals surface area (Å²) in [5.41, 5.74) is 1.24. The first-order chi connectivity index (χ1) is 10.8. The molecule has 1 aliphatic heterocycles. The van der Waals surface area contributed by atoms with Gasteiger partial charge in [0, 0.05) is 38.1 Å². The molecule has 1 fully saturated rings. The quantitative estimate of drug-likeness (QED) is 0.917. The molecule has 1 aliphatic rings. The van der Waals surface area contributed by atoms with E-state index in [4.69, 9.17) is 4.74 Å². The van der Waals surface area contributed by atoms with E-state index < -0.39 is 0 Å². The molecule has 0 aliphatic carbocycles. The highest BCUT2D eigenvalue weighted by Gasteiger charge is 2.21. The molecule has 22 heavy (non-hydrogen) atoms. The molecule has 3 rings (SSSR count). The fourth-order valence-corrected chi connectivity index (χ4v) is 2.82. The van der Waals surface area contributed by atoms with Crippen LogP contribution in [0.4, 0.5) is 5.95 Å². The Labute approximate surface area is 131 Å². The summed E-state index contributed by atoms with van der Waals surface area (Å²) >= 11 is 0. The van der Waals surface area contributed by atoms with Crippen LogP contribution < -0.4 is 15.0 Å². The van der Waals surface area contributed by atoms with E-state index in [9.17, 15) is 0 Å². The van der Waals surface area contributed by atoms with Gasteiger partial charge >= 0.3 is 0 Å². The first-order valence-corrected chi connectivity index (χ1v) is 7.73. The minimum atomic E-state index is 0.462. The van der Waals surface area contributed by atoms with Gasteiger partial charge in [0.1, 0.15) is 5.75 Å². The number of anilines is 1. The monoisotopic (exact) mass is 298 g/mol. The maximum absolute atomic E-state index is 5.27. The van der Waals surface area contributed by atoms with Crippen molar-refractivity contribution < 1.29 is 4.74 Å². The lowest BCUT2D eigenvalue weighted by molar-refractivity contribution is 0.409. The van der Waals surface area contributed by atoms with Crippen LogP contribution in [0, 0.1) is 0 Å². The molecule has 0 bridgehead atoms. The van der Waals surface area contributed by atoms with Gasteiger partial charge in [-0.15, -0.1) is 0 Å². The number of methoxy groups -OCH3 is 1. The van der Waals surface area contributed by atoms with Crippen molar-refractivity contribution in [2.75, 3.05) is 25.1 Å². The molecule has 2 heterocycles. The van der Waals surface area contributed by atoms with Crippen LogP contribution in [-0.4, -0.2) is 36.2 Å². The van der Waals surface area contributed by atoms with Crippen LogP contribution in [0.1, 0.15) is 18.4 Å². The molecular formula is C17H22N4O. The predicted molar refractivity (Wildman–Crippen MR) is 87.1 cm³/mol. The molecule has 0 radical (unpaired) electrons. The van der Waals surface area contributed by atoms with E-state index in [1.54, 1.807) is 19.5 Å². The number of hydrogen-bond donors (Lipinski definition) is 1. The van der Waals surface area contributed by atoms with Crippen LogP contribution in [0.5, 0.6) is 5.75 Å². The first kappa shape index (κ1) is 14.8. The number of nitrogens with zero attached hydrogens (tertiary/aromatic N) is 3. The Morgan fingerprint density at radius 3 is 2.95 bits per heavy atom. The van der Waals surface area contributed by atoms with Gasteiger partial charge in [-0.2, -0.15) is 0 Å². The number of piperidine rings is 1. The minimum absolute atomic E-state index is 0.462. The molecule has 0 amide bonds. The van der Waals surface area contributed by atoms with Gasteiger partial charge < -0.3 is 15.0 Å². The molecule has 2 aromatic rings. The zero-order chi connectivity index (χ0) is 15.2. The Bertz CT molecular complexity index is 590. The number of aromatic nitrogens is 2. The van der Waals surface area contributed by atoms with Gasteiger partial charge in [0.15, 0.2) is 0 Å². The summed E-state index contributed by atoms with van der Waals surface area (Å²) in [7, 11) is 1.70.